The molecule has 1 heterocycles. The number of fused-ring (bicyclic) bond motifs is 1. The first kappa shape index (κ1) is 9.64. The minimum Gasteiger partial charge on any atom is -0.316 e. The van der Waals surface area contributed by atoms with Crippen molar-refractivity contribution in [2.75, 3.05) is 0 Å². The van der Waals surface area contributed by atoms with E-state index in [-0.39, 0.29) is 0 Å². The third-order valence-electron chi connectivity index (χ3n) is 2.17. The van der Waals surface area contributed by atoms with E-state index in [1.807, 2.05) is 25.2 Å². The molecule has 1 aromatic carbocycles. The van der Waals surface area contributed by atoms with Gasteiger partial charge >= 0.3 is 0 Å². The molecule has 2 aromatic rings. The fourth-order valence-electron chi connectivity index (χ4n) is 1.60. The van der Waals surface area contributed by atoms with Gasteiger partial charge in [0.05, 0.1) is 5.52 Å². The Morgan fingerprint density at radius 1 is 1.57 bits per heavy atom. The van der Waals surface area contributed by atoms with Crippen LogP contribution in [0, 0.1) is 0 Å². The largest absolute Gasteiger partial charge is 0.316 e. The molecule has 0 unspecified atom stereocenters. The Bertz CT molecular complexity index is 466. The Kier molecular flexibility index (Phi) is 2.54. The van der Waals surface area contributed by atoms with Gasteiger partial charge in [0.1, 0.15) is 4.60 Å². The summed E-state index contributed by atoms with van der Waals surface area (Å²) in [6.45, 7) is 0.420. The van der Waals surface area contributed by atoms with E-state index in [4.69, 9.17) is 5.21 Å². The Morgan fingerprint density at radius 3 is 3.07 bits per heavy atom. The molecule has 4 nitrogen and oxygen atoms in total. The molecule has 14 heavy (non-hydrogen) atoms. The number of aryl methyl sites for hydroxylation is 1. The SMILES string of the molecule is Cn1nc(Br)c2cccc(CNO)c21. The van der Waals surface area contributed by atoms with Gasteiger partial charge in [0.2, 0.25) is 0 Å². The smallest absolute Gasteiger partial charge is 0.135 e. The molecule has 0 bridgehead atoms. The fourth-order valence-corrected chi connectivity index (χ4v) is 2.16. The summed E-state index contributed by atoms with van der Waals surface area (Å²) < 4.78 is 2.63. The van der Waals surface area contributed by atoms with Gasteiger partial charge in [-0.1, -0.05) is 18.2 Å². The van der Waals surface area contributed by atoms with Crippen molar-refractivity contribution in [3.05, 3.63) is 28.4 Å². The van der Waals surface area contributed by atoms with Gasteiger partial charge in [-0.25, -0.2) is 5.48 Å². The molecule has 0 saturated carbocycles. The number of nitrogens with one attached hydrogen (secondary N) is 1. The molecule has 2 rings (SSSR count). The zero-order valence-corrected chi connectivity index (χ0v) is 9.24. The van der Waals surface area contributed by atoms with Crippen LogP contribution in [0.25, 0.3) is 10.9 Å². The van der Waals surface area contributed by atoms with Crippen LogP contribution in [0.3, 0.4) is 0 Å². The Labute approximate surface area is 89.6 Å². The predicted molar refractivity (Wildman–Crippen MR) is 57.0 cm³/mol. The monoisotopic (exact) mass is 255 g/mol. The normalized spacial score (nSPS) is 11.1. The Morgan fingerprint density at radius 2 is 2.36 bits per heavy atom. The summed E-state index contributed by atoms with van der Waals surface area (Å²) in [4.78, 5) is 0. The number of halogens is 1. The highest BCUT2D eigenvalue weighted by Crippen LogP contribution is 2.25. The van der Waals surface area contributed by atoms with Crippen molar-refractivity contribution in [1.82, 2.24) is 15.3 Å². The standard InChI is InChI=1S/C9H10BrN3O/c1-13-8-6(5-11-14)3-2-4-7(8)9(10)12-13/h2-4,11,14H,5H2,1H3. The molecule has 0 aliphatic carbocycles. The molecule has 0 aliphatic rings. The summed E-state index contributed by atoms with van der Waals surface area (Å²) in [5.41, 5.74) is 4.20. The lowest BCUT2D eigenvalue weighted by Crippen LogP contribution is -2.07. The number of para-hydroxylation sites is 1. The zero-order valence-electron chi connectivity index (χ0n) is 7.66. The summed E-state index contributed by atoms with van der Waals surface area (Å²) in [5.74, 6) is 0. The molecular weight excluding hydrogens is 246 g/mol. The summed E-state index contributed by atoms with van der Waals surface area (Å²) in [7, 11) is 1.88. The number of hydrogen-bond donors (Lipinski definition) is 2. The van der Waals surface area contributed by atoms with Gasteiger partial charge in [-0.2, -0.15) is 5.10 Å². The van der Waals surface area contributed by atoms with Crippen LogP contribution >= 0.6 is 15.9 Å². The highest BCUT2D eigenvalue weighted by atomic mass is 79.9. The first-order valence-electron chi connectivity index (χ1n) is 4.21. The molecule has 0 amide bonds. The van der Waals surface area contributed by atoms with Crippen LogP contribution in [-0.4, -0.2) is 15.0 Å². The molecule has 0 spiro atoms. The van der Waals surface area contributed by atoms with Crippen LogP contribution in [0.15, 0.2) is 22.8 Å². The topological polar surface area (TPSA) is 50.1 Å². The Balaban J connectivity index is 2.72. The number of nitrogens with zero attached hydrogens (tertiary/aromatic N) is 2. The predicted octanol–water partition coefficient (Wildman–Crippen LogP) is 1.81. The van der Waals surface area contributed by atoms with E-state index < -0.39 is 0 Å². The number of hydroxylamine groups is 1. The van der Waals surface area contributed by atoms with Crippen molar-refractivity contribution in [2.24, 2.45) is 7.05 Å². The fraction of sp³-hybridized carbons (Fsp3) is 0.222. The summed E-state index contributed by atoms with van der Waals surface area (Å²) in [6, 6.07) is 5.90. The third kappa shape index (κ3) is 1.43. The number of benzene rings is 1. The average Bonchev–Trinajstić information content (AvgIpc) is 2.44. The second-order valence-corrected chi connectivity index (χ2v) is 3.81. The minimum absolute atomic E-state index is 0.420. The average molecular weight is 256 g/mol. The molecule has 5 heteroatoms. The van der Waals surface area contributed by atoms with Crippen LogP contribution in [0.2, 0.25) is 0 Å². The number of aromatic nitrogens is 2. The van der Waals surface area contributed by atoms with Gasteiger partial charge in [0.15, 0.2) is 0 Å². The van der Waals surface area contributed by atoms with Crippen LogP contribution in [0.5, 0.6) is 0 Å². The van der Waals surface area contributed by atoms with Gasteiger partial charge in [-0.3, -0.25) is 4.68 Å². The summed E-state index contributed by atoms with van der Waals surface area (Å²) >= 11 is 3.39. The zero-order chi connectivity index (χ0) is 10.1. The van der Waals surface area contributed by atoms with Crippen LogP contribution < -0.4 is 5.48 Å². The second kappa shape index (κ2) is 3.68. The van der Waals surface area contributed by atoms with E-state index in [1.165, 1.54) is 0 Å². The van der Waals surface area contributed by atoms with Gasteiger partial charge < -0.3 is 5.21 Å². The van der Waals surface area contributed by atoms with Gasteiger partial charge in [-0.05, 0) is 21.5 Å². The maximum absolute atomic E-state index is 8.69. The molecule has 0 fully saturated rings. The quantitative estimate of drug-likeness (QED) is 0.806. The minimum atomic E-state index is 0.420. The molecule has 0 radical (unpaired) electrons. The molecular formula is C9H10BrN3O. The lowest BCUT2D eigenvalue weighted by atomic mass is 10.1. The molecule has 74 valence electrons. The van der Waals surface area contributed by atoms with Gasteiger partial charge in [0.25, 0.3) is 0 Å². The lowest BCUT2D eigenvalue weighted by Gasteiger charge is -2.02. The first-order valence-corrected chi connectivity index (χ1v) is 5.00. The van der Waals surface area contributed by atoms with Crippen LogP contribution in [-0.2, 0) is 13.6 Å². The number of hydrogen-bond acceptors (Lipinski definition) is 3. The van der Waals surface area contributed by atoms with Crippen LogP contribution in [0.1, 0.15) is 5.56 Å². The van der Waals surface area contributed by atoms with E-state index in [1.54, 1.807) is 4.68 Å². The highest BCUT2D eigenvalue weighted by molar-refractivity contribution is 9.10. The van der Waals surface area contributed by atoms with Gasteiger partial charge in [-0.15, -0.1) is 0 Å². The first-order chi connectivity index (χ1) is 6.74. The highest BCUT2D eigenvalue weighted by Gasteiger charge is 2.09. The molecule has 1 aromatic heterocycles. The second-order valence-electron chi connectivity index (χ2n) is 3.06. The molecule has 0 atom stereocenters. The molecule has 0 aliphatic heterocycles. The maximum atomic E-state index is 8.69. The van der Waals surface area contributed by atoms with Crippen LogP contribution in [0.4, 0.5) is 0 Å². The van der Waals surface area contributed by atoms with Crippen molar-refractivity contribution < 1.29 is 5.21 Å². The van der Waals surface area contributed by atoms with E-state index in [2.05, 4.69) is 26.5 Å². The van der Waals surface area contributed by atoms with E-state index in [0.29, 0.717) is 6.54 Å². The van der Waals surface area contributed by atoms with Crippen molar-refractivity contribution >= 4 is 26.8 Å². The van der Waals surface area contributed by atoms with E-state index in [0.717, 1.165) is 21.1 Å². The molecule has 0 saturated heterocycles. The van der Waals surface area contributed by atoms with E-state index >= 15 is 0 Å². The Hall–Kier alpha value is -0.910. The summed E-state index contributed by atoms with van der Waals surface area (Å²) in [5, 5.41) is 14.0. The molecule has 2 N–H and O–H groups in total. The van der Waals surface area contributed by atoms with Crippen molar-refractivity contribution in [3.8, 4) is 0 Å². The van der Waals surface area contributed by atoms with Crippen molar-refractivity contribution in [3.63, 3.8) is 0 Å². The maximum Gasteiger partial charge on any atom is 0.135 e. The third-order valence-corrected chi connectivity index (χ3v) is 2.76. The lowest BCUT2D eigenvalue weighted by molar-refractivity contribution is 0.161. The number of rotatable bonds is 2. The van der Waals surface area contributed by atoms with Gasteiger partial charge in [0, 0.05) is 19.0 Å². The van der Waals surface area contributed by atoms with Crippen molar-refractivity contribution in [1.29, 1.82) is 0 Å². The van der Waals surface area contributed by atoms with Crippen molar-refractivity contribution in [2.45, 2.75) is 6.54 Å². The van der Waals surface area contributed by atoms with E-state index in [9.17, 15) is 0 Å². The summed E-state index contributed by atoms with van der Waals surface area (Å²) in [6.07, 6.45) is 0.